The Hall–Kier alpha value is -1.92. The molecule has 0 fully saturated rings. The summed E-state index contributed by atoms with van der Waals surface area (Å²) in [6.45, 7) is 1.27. The van der Waals surface area contributed by atoms with Gasteiger partial charge in [0.05, 0.1) is 23.8 Å². The zero-order valence-electron chi connectivity index (χ0n) is 10.8. The lowest BCUT2D eigenvalue weighted by Gasteiger charge is -2.20. The molecular formula is C13H18N4O2. The summed E-state index contributed by atoms with van der Waals surface area (Å²) in [5.74, 6) is -0.861. The number of rotatable bonds is 6. The number of nitrogens with two attached hydrogens (primary N) is 1. The third kappa shape index (κ3) is 3.77. The topological polar surface area (TPSA) is 95.2 Å². The molecule has 6 nitrogen and oxygen atoms in total. The van der Waals surface area contributed by atoms with E-state index in [0.29, 0.717) is 6.54 Å². The number of H-pyrrole nitrogens is 1. The van der Waals surface area contributed by atoms with Gasteiger partial charge >= 0.3 is 5.97 Å². The Kier molecular flexibility index (Phi) is 4.13. The lowest BCUT2D eigenvalue weighted by molar-refractivity contribution is -0.137. The van der Waals surface area contributed by atoms with Crippen LogP contribution in [-0.2, 0) is 11.3 Å². The SMILES string of the molecule is CN(Cc1ccc2nc[nH]c2c1)CC(N)CC(=O)O. The van der Waals surface area contributed by atoms with E-state index in [1.165, 1.54) is 0 Å². The van der Waals surface area contributed by atoms with Crippen LogP contribution in [-0.4, -0.2) is 45.6 Å². The van der Waals surface area contributed by atoms with Gasteiger partial charge in [-0.05, 0) is 24.7 Å². The van der Waals surface area contributed by atoms with Gasteiger partial charge in [-0.3, -0.25) is 4.79 Å². The van der Waals surface area contributed by atoms with Gasteiger partial charge in [-0.1, -0.05) is 6.07 Å². The summed E-state index contributed by atoms with van der Waals surface area (Å²) >= 11 is 0. The van der Waals surface area contributed by atoms with Gasteiger partial charge in [0, 0.05) is 19.1 Å². The smallest absolute Gasteiger partial charge is 0.304 e. The lowest BCUT2D eigenvalue weighted by Crippen LogP contribution is -2.36. The second-order valence-corrected chi connectivity index (χ2v) is 4.81. The van der Waals surface area contributed by atoms with E-state index in [2.05, 4.69) is 9.97 Å². The van der Waals surface area contributed by atoms with Crippen LogP contribution >= 0.6 is 0 Å². The first-order valence-corrected chi connectivity index (χ1v) is 6.12. The van der Waals surface area contributed by atoms with Gasteiger partial charge in [0.1, 0.15) is 0 Å². The van der Waals surface area contributed by atoms with Crippen LogP contribution in [0.5, 0.6) is 0 Å². The van der Waals surface area contributed by atoms with E-state index in [4.69, 9.17) is 10.8 Å². The van der Waals surface area contributed by atoms with Crippen molar-refractivity contribution in [3.05, 3.63) is 30.1 Å². The highest BCUT2D eigenvalue weighted by atomic mass is 16.4. The summed E-state index contributed by atoms with van der Waals surface area (Å²) in [6.07, 6.45) is 1.66. The fourth-order valence-corrected chi connectivity index (χ4v) is 2.15. The predicted molar refractivity (Wildman–Crippen MR) is 72.7 cm³/mol. The quantitative estimate of drug-likeness (QED) is 0.715. The van der Waals surface area contributed by atoms with Crippen LogP contribution in [0.2, 0.25) is 0 Å². The Bertz CT molecular complexity index is 567. The molecule has 0 bridgehead atoms. The first-order chi connectivity index (χ1) is 9.04. The van der Waals surface area contributed by atoms with Gasteiger partial charge in [-0.25, -0.2) is 4.98 Å². The fourth-order valence-electron chi connectivity index (χ4n) is 2.15. The highest BCUT2D eigenvalue weighted by molar-refractivity contribution is 5.75. The number of aliphatic carboxylic acids is 1. The number of nitrogens with zero attached hydrogens (tertiary/aromatic N) is 2. The average Bonchev–Trinajstić information content (AvgIpc) is 2.74. The third-order valence-corrected chi connectivity index (χ3v) is 2.92. The number of carboxylic acids is 1. The van der Waals surface area contributed by atoms with Crippen molar-refractivity contribution in [1.29, 1.82) is 0 Å². The molecule has 0 aliphatic carbocycles. The van der Waals surface area contributed by atoms with Crippen LogP contribution in [0.1, 0.15) is 12.0 Å². The monoisotopic (exact) mass is 262 g/mol. The van der Waals surface area contributed by atoms with Crippen molar-refractivity contribution in [2.24, 2.45) is 5.73 Å². The Morgan fingerprint density at radius 2 is 2.37 bits per heavy atom. The van der Waals surface area contributed by atoms with Gasteiger partial charge in [0.15, 0.2) is 0 Å². The van der Waals surface area contributed by atoms with Crippen LogP contribution in [0.4, 0.5) is 0 Å². The van der Waals surface area contributed by atoms with Crippen LogP contribution in [0, 0.1) is 0 Å². The highest BCUT2D eigenvalue weighted by Crippen LogP contribution is 2.13. The Balaban J connectivity index is 1.94. The van der Waals surface area contributed by atoms with Crippen molar-refractivity contribution in [2.75, 3.05) is 13.6 Å². The van der Waals surface area contributed by atoms with Gasteiger partial charge in [-0.2, -0.15) is 0 Å². The number of benzene rings is 1. The molecule has 2 aromatic rings. The maximum atomic E-state index is 10.6. The second kappa shape index (κ2) is 5.81. The summed E-state index contributed by atoms with van der Waals surface area (Å²) in [7, 11) is 1.93. The summed E-state index contributed by atoms with van der Waals surface area (Å²) < 4.78 is 0. The van der Waals surface area contributed by atoms with Crippen molar-refractivity contribution in [3.63, 3.8) is 0 Å². The normalized spacial score (nSPS) is 13.0. The predicted octanol–water partition coefficient (Wildman–Crippen LogP) is 0.797. The molecule has 1 heterocycles. The van der Waals surface area contributed by atoms with Gasteiger partial charge < -0.3 is 20.7 Å². The van der Waals surface area contributed by atoms with Crippen molar-refractivity contribution in [1.82, 2.24) is 14.9 Å². The number of hydrogen-bond acceptors (Lipinski definition) is 4. The maximum Gasteiger partial charge on any atom is 0.304 e. The number of fused-ring (bicyclic) bond motifs is 1. The first-order valence-electron chi connectivity index (χ1n) is 6.12. The molecule has 1 atom stereocenters. The molecule has 1 unspecified atom stereocenters. The van der Waals surface area contributed by atoms with Crippen molar-refractivity contribution in [2.45, 2.75) is 19.0 Å². The Morgan fingerprint density at radius 1 is 1.58 bits per heavy atom. The molecular weight excluding hydrogens is 244 g/mol. The zero-order chi connectivity index (χ0) is 13.8. The third-order valence-electron chi connectivity index (χ3n) is 2.92. The molecule has 1 aromatic heterocycles. The molecule has 0 radical (unpaired) electrons. The summed E-state index contributed by atoms with van der Waals surface area (Å²) in [4.78, 5) is 19.8. The van der Waals surface area contributed by atoms with Crippen LogP contribution in [0.15, 0.2) is 24.5 Å². The van der Waals surface area contributed by atoms with E-state index in [1.807, 2.05) is 30.1 Å². The molecule has 6 heteroatoms. The Morgan fingerprint density at radius 3 is 3.11 bits per heavy atom. The number of imidazole rings is 1. The minimum atomic E-state index is -0.861. The number of aromatic nitrogens is 2. The highest BCUT2D eigenvalue weighted by Gasteiger charge is 2.11. The van der Waals surface area contributed by atoms with E-state index >= 15 is 0 Å². The van der Waals surface area contributed by atoms with Crippen LogP contribution in [0.3, 0.4) is 0 Å². The molecule has 0 saturated carbocycles. The fraction of sp³-hybridized carbons (Fsp3) is 0.385. The van der Waals surface area contributed by atoms with Crippen LogP contribution in [0.25, 0.3) is 11.0 Å². The maximum absolute atomic E-state index is 10.6. The van der Waals surface area contributed by atoms with Crippen molar-refractivity contribution < 1.29 is 9.90 Å². The largest absolute Gasteiger partial charge is 0.481 e. The molecule has 2 rings (SSSR count). The lowest BCUT2D eigenvalue weighted by atomic mass is 10.1. The summed E-state index contributed by atoms with van der Waals surface area (Å²) in [5.41, 5.74) is 8.84. The average molecular weight is 262 g/mol. The van der Waals surface area contributed by atoms with Gasteiger partial charge in [0.25, 0.3) is 0 Å². The minimum absolute atomic E-state index is 0.01000. The van der Waals surface area contributed by atoms with Crippen molar-refractivity contribution >= 4 is 17.0 Å². The summed E-state index contributed by atoms with van der Waals surface area (Å²) in [5, 5.41) is 8.67. The molecule has 0 spiro atoms. The van der Waals surface area contributed by atoms with Crippen molar-refractivity contribution in [3.8, 4) is 0 Å². The van der Waals surface area contributed by atoms with E-state index in [1.54, 1.807) is 6.33 Å². The molecule has 0 saturated heterocycles. The molecule has 19 heavy (non-hydrogen) atoms. The number of aromatic amines is 1. The van der Waals surface area contributed by atoms with Crippen LogP contribution < -0.4 is 5.73 Å². The van der Waals surface area contributed by atoms with Gasteiger partial charge in [0.2, 0.25) is 0 Å². The number of carbonyl (C=O) groups is 1. The number of nitrogens with one attached hydrogen (secondary N) is 1. The standard InChI is InChI=1S/C13H18N4O2/c1-17(7-10(14)5-13(18)19)6-9-2-3-11-12(4-9)16-8-15-11/h2-4,8,10H,5-7,14H2,1H3,(H,15,16)(H,18,19). The molecule has 0 aliphatic rings. The zero-order valence-corrected chi connectivity index (χ0v) is 10.8. The Labute approximate surface area is 111 Å². The van der Waals surface area contributed by atoms with E-state index in [9.17, 15) is 4.79 Å². The van der Waals surface area contributed by atoms with Gasteiger partial charge in [-0.15, -0.1) is 0 Å². The van der Waals surface area contributed by atoms with E-state index < -0.39 is 5.97 Å². The first kappa shape index (κ1) is 13.5. The molecule has 4 N–H and O–H groups in total. The minimum Gasteiger partial charge on any atom is -0.481 e. The number of hydrogen-bond donors (Lipinski definition) is 3. The second-order valence-electron chi connectivity index (χ2n) is 4.81. The molecule has 102 valence electrons. The summed E-state index contributed by atoms with van der Waals surface area (Å²) in [6, 6.07) is 5.68. The number of likely N-dealkylation sites (N-methyl/N-ethyl adjacent to an activating group) is 1. The van der Waals surface area contributed by atoms with E-state index in [-0.39, 0.29) is 12.5 Å². The molecule has 0 aliphatic heterocycles. The molecule has 0 amide bonds. The van der Waals surface area contributed by atoms with E-state index in [0.717, 1.165) is 23.1 Å². The number of carboxylic acid groups (broad SMARTS) is 1. The molecule has 1 aromatic carbocycles.